The van der Waals surface area contributed by atoms with Gasteiger partial charge in [-0.25, -0.2) is 0 Å². The predicted molar refractivity (Wildman–Crippen MR) is 87.6 cm³/mol. The van der Waals surface area contributed by atoms with Gasteiger partial charge in [0.2, 0.25) is 11.7 Å². The second-order valence-corrected chi connectivity index (χ2v) is 5.25. The van der Waals surface area contributed by atoms with E-state index in [2.05, 4.69) is 25.2 Å². The molecule has 8 heteroatoms. The zero-order chi connectivity index (χ0) is 17.6. The molecule has 0 spiro atoms. The molecule has 1 aromatic carbocycles. The SMILES string of the molecule is CNc1cncc(-c2noc(CCc3cccc(OC(F)F)c3)n2)c1. The summed E-state index contributed by atoms with van der Waals surface area (Å²) >= 11 is 0. The van der Waals surface area contributed by atoms with Crippen LogP contribution in [-0.4, -0.2) is 28.8 Å². The van der Waals surface area contributed by atoms with E-state index in [1.54, 1.807) is 31.6 Å². The van der Waals surface area contributed by atoms with Gasteiger partial charge in [0, 0.05) is 31.4 Å². The Hall–Kier alpha value is -3.03. The fourth-order valence-corrected chi connectivity index (χ4v) is 2.30. The number of aromatic nitrogens is 3. The van der Waals surface area contributed by atoms with Crippen molar-refractivity contribution in [1.82, 2.24) is 15.1 Å². The van der Waals surface area contributed by atoms with E-state index >= 15 is 0 Å². The summed E-state index contributed by atoms with van der Waals surface area (Å²) in [4.78, 5) is 8.45. The molecule has 130 valence electrons. The summed E-state index contributed by atoms with van der Waals surface area (Å²) in [5, 5.41) is 6.95. The van der Waals surface area contributed by atoms with Crippen molar-refractivity contribution in [3.05, 3.63) is 54.2 Å². The summed E-state index contributed by atoms with van der Waals surface area (Å²) in [6, 6.07) is 8.43. The molecule has 0 atom stereocenters. The van der Waals surface area contributed by atoms with Crippen molar-refractivity contribution in [2.45, 2.75) is 19.5 Å². The van der Waals surface area contributed by atoms with Gasteiger partial charge >= 0.3 is 6.61 Å². The number of alkyl halides is 2. The van der Waals surface area contributed by atoms with Gasteiger partial charge in [-0.1, -0.05) is 17.3 Å². The van der Waals surface area contributed by atoms with Crippen LogP contribution in [0.25, 0.3) is 11.4 Å². The number of benzene rings is 1. The monoisotopic (exact) mass is 346 g/mol. The van der Waals surface area contributed by atoms with Crippen molar-refractivity contribution < 1.29 is 18.0 Å². The third-order valence-corrected chi connectivity index (χ3v) is 3.50. The number of nitrogens with one attached hydrogen (secondary N) is 1. The van der Waals surface area contributed by atoms with Gasteiger partial charge in [0.25, 0.3) is 0 Å². The highest BCUT2D eigenvalue weighted by Crippen LogP contribution is 2.20. The van der Waals surface area contributed by atoms with Crippen LogP contribution in [0, 0.1) is 0 Å². The van der Waals surface area contributed by atoms with Gasteiger partial charge in [-0.05, 0) is 30.2 Å². The Bertz CT molecular complexity index is 839. The molecule has 2 aromatic heterocycles. The molecular weight excluding hydrogens is 330 g/mol. The molecule has 0 radical (unpaired) electrons. The van der Waals surface area contributed by atoms with Gasteiger partial charge in [-0.3, -0.25) is 4.98 Å². The van der Waals surface area contributed by atoms with Crippen LogP contribution in [-0.2, 0) is 12.8 Å². The molecule has 0 aliphatic carbocycles. The molecule has 25 heavy (non-hydrogen) atoms. The quantitative estimate of drug-likeness (QED) is 0.705. The summed E-state index contributed by atoms with van der Waals surface area (Å²) in [7, 11) is 1.80. The first-order chi connectivity index (χ1) is 12.1. The van der Waals surface area contributed by atoms with E-state index in [4.69, 9.17) is 4.52 Å². The number of rotatable bonds is 7. The Morgan fingerprint density at radius 1 is 1.20 bits per heavy atom. The van der Waals surface area contributed by atoms with Gasteiger partial charge in [-0.15, -0.1) is 0 Å². The highest BCUT2D eigenvalue weighted by Gasteiger charge is 2.10. The lowest BCUT2D eigenvalue weighted by Gasteiger charge is -2.05. The smallest absolute Gasteiger partial charge is 0.387 e. The van der Waals surface area contributed by atoms with Gasteiger partial charge < -0.3 is 14.6 Å². The molecule has 0 aliphatic rings. The molecule has 3 aromatic rings. The predicted octanol–water partition coefficient (Wildman–Crippen LogP) is 3.56. The zero-order valence-electron chi connectivity index (χ0n) is 13.4. The number of hydrogen-bond donors (Lipinski definition) is 1. The fraction of sp³-hybridized carbons (Fsp3) is 0.235. The lowest BCUT2D eigenvalue weighted by Crippen LogP contribution is -2.02. The molecule has 0 saturated heterocycles. The molecule has 0 saturated carbocycles. The van der Waals surface area contributed by atoms with Gasteiger partial charge in [0.05, 0.1) is 5.69 Å². The first kappa shape index (κ1) is 16.8. The summed E-state index contributed by atoms with van der Waals surface area (Å²) in [6.45, 7) is -2.84. The van der Waals surface area contributed by atoms with Crippen LogP contribution in [0.15, 0.2) is 47.2 Å². The van der Waals surface area contributed by atoms with Crippen LogP contribution in [0.5, 0.6) is 5.75 Å². The van der Waals surface area contributed by atoms with E-state index < -0.39 is 6.61 Å². The number of halogens is 2. The number of aryl methyl sites for hydroxylation is 2. The van der Waals surface area contributed by atoms with Crippen LogP contribution in [0.2, 0.25) is 0 Å². The van der Waals surface area contributed by atoms with Crippen LogP contribution in [0.3, 0.4) is 0 Å². The fourth-order valence-electron chi connectivity index (χ4n) is 2.30. The van der Waals surface area contributed by atoms with E-state index in [1.807, 2.05) is 12.1 Å². The minimum Gasteiger partial charge on any atom is -0.435 e. The number of pyridine rings is 1. The van der Waals surface area contributed by atoms with E-state index in [1.165, 1.54) is 6.07 Å². The Labute approximate surface area is 142 Å². The Balaban J connectivity index is 1.66. The van der Waals surface area contributed by atoms with Gasteiger partial charge in [0.15, 0.2) is 0 Å². The van der Waals surface area contributed by atoms with E-state index in [0.717, 1.165) is 16.8 Å². The molecule has 0 aliphatic heterocycles. The van der Waals surface area contributed by atoms with Crippen LogP contribution in [0.4, 0.5) is 14.5 Å². The highest BCUT2D eigenvalue weighted by atomic mass is 19.3. The van der Waals surface area contributed by atoms with Crippen LogP contribution in [0.1, 0.15) is 11.5 Å². The van der Waals surface area contributed by atoms with Crippen molar-refractivity contribution in [2.75, 3.05) is 12.4 Å². The molecule has 6 nitrogen and oxygen atoms in total. The topological polar surface area (TPSA) is 73.1 Å². The number of nitrogens with zero attached hydrogens (tertiary/aromatic N) is 3. The Morgan fingerprint density at radius 2 is 2.08 bits per heavy atom. The lowest BCUT2D eigenvalue weighted by atomic mass is 10.1. The largest absolute Gasteiger partial charge is 0.435 e. The summed E-state index contributed by atoms with van der Waals surface area (Å²) < 4.78 is 34.2. The molecule has 2 heterocycles. The zero-order valence-corrected chi connectivity index (χ0v) is 13.4. The van der Waals surface area contributed by atoms with Crippen molar-refractivity contribution in [2.24, 2.45) is 0 Å². The van der Waals surface area contributed by atoms with Crippen LogP contribution >= 0.6 is 0 Å². The maximum absolute atomic E-state index is 12.3. The number of hydrogen-bond acceptors (Lipinski definition) is 6. The lowest BCUT2D eigenvalue weighted by molar-refractivity contribution is -0.0498. The maximum atomic E-state index is 12.3. The van der Waals surface area contributed by atoms with Crippen molar-refractivity contribution in [3.63, 3.8) is 0 Å². The molecule has 0 bridgehead atoms. The van der Waals surface area contributed by atoms with Gasteiger partial charge in [-0.2, -0.15) is 13.8 Å². The normalized spacial score (nSPS) is 10.9. The van der Waals surface area contributed by atoms with Crippen molar-refractivity contribution in [3.8, 4) is 17.1 Å². The maximum Gasteiger partial charge on any atom is 0.387 e. The molecule has 0 fully saturated rings. The Morgan fingerprint density at radius 3 is 2.88 bits per heavy atom. The highest BCUT2D eigenvalue weighted by molar-refractivity contribution is 5.59. The van der Waals surface area contributed by atoms with Crippen molar-refractivity contribution >= 4 is 5.69 Å². The number of ether oxygens (including phenoxy) is 1. The van der Waals surface area contributed by atoms with E-state index in [0.29, 0.717) is 24.6 Å². The minimum atomic E-state index is -2.84. The average molecular weight is 346 g/mol. The minimum absolute atomic E-state index is 0.133. The van der Waals surface area contributed by atoms with Crippen molar-refractivity contribution in [1.29, 1.82) is 0 Å². The van der Waals surface area contributed by atoms with Gasteiger partial charge in [0.1, 0.15) is 5.75 Å². The molecule has 0 amide bonds. The molecular formula is C17H16F2N4O2. The first-order valence-electron chi connectivity index (χ1n) is 7.63. The second kappa shape index (κ2) is 7.69. The summed E-state index contributed by atoms with van der Waals surface area (Å²) in [6.07, 6.45) is 4.40. The third-order valence-electron chi connectivity index (χ3n) is 3.50. The standard InChI is InChI=1S/C17H16F2N4O2/c1-20-13-8-12(9-21-10-13)16-22-15(25-23-16)6-5-11-3-2-4-14(7-11)24-17(18)19/h2-4,7-10,17,20H,5-6H2,1H3. The second-order valence-electron chi connectivity index (χ2n) is 5.25. The number of anilines is 1. The molecule has 0 unspecified atom stereocenters. The first-order valence-corrected chi connectivity index (χ1v) is 7.63. The van der Waals surface area contributed by atoms with Crippen LogP contribution < -0.4 is 10.1 Å². The molecule has 3 rings (SSSR count). The van der Waals surface area contributed by atoms with E-state index in [9.17, 15) is 8.78 Å². The third kappa shape index (κ3) is 4.50. The summed E-state index contributed by atoms with van der Waals surface area (Å²) in [5.41, 5.74) is 2.44. The average Bonchev–Trinajstić information content (AvgIpc) is 3.09. The Kier molecular flexibility index (Phi) is 5.17. The summed E-state index contributed by atoms with van der Waals surface area (Å²) in [5.74, 6) is 1.05. The molecule has 1 N–H and O–H groups in total. The van der Waals surface area contributed by atoms with E-state index in [-0.39, 0.29) is 5.75 Å².